The summed E-state index contributed by atoms with van der Waals surface area (Å²) in [5.41, 5.74) is 4.32. The predicted octanol–water partition coefficient (Wildman–Crippen LogP) is 3.99. The molecule has 0 aliphatic heterocycles. The number of benzene rings is 1. The van der Waals surface area contributed by atoms with Gasteiger partial charge < -0.3 is 9.64 Å². The van der Waals surface area contributed by atoms with Gasteiger partial charge in [-0.15, -0.1) is 0 Å². The Labute approximate surface area is 137 Å². The monoisotopic (exact) mass is 309 g/mol. The lowest BCUT2D eigenvalue weighted by Gasteiger charge is -2.17. The molecule has 23 heavy (non-hydrogen) atoms. The van der Waals surface area contributed by atoms with E-state index in [0.717, 1.165) is 29.5 Å². The third-order valence-electron chi connectivity index (χ3n) is 4.24. The van der Waals surface area contributed by atoms with Crippen molar-refractivity contribution in [3.8, 4) is 5.75 Å². The molecule has 4 heteroatoms. The minimum absolute atomic E-state index is 0.553. The van der Waals surface area contributed by atoms with Crippen molar-refractivity contribution in [3.05, 3.63) is 59.4 Å². The zero-order valence-corrected chi connectivity index (χ0v) is 14.2. The molecule has 0 radical (unpaired) electrons. The Hall–Kier alpha value is -2.49. The number of fused-ring (bicyclic) bond motifs is 1. The molecule has 0 amide bonds. The van der Waals surface area contributed by atoms with E-state index in [2.05, 4.69) is 42.3 Å². The van der Waals surface area contributed by atoms with Crippen molar-refractivity contribution in [2.75, 3.05) is 18.5 Å². The fraction of sp³-hybridized carbons (Fsp3) is 0.316. The number of anilines is 1. The molecule has 0 bridgehead atoms. The molecule has 4 nitrogen and oxygen atoms in total. The topological polar surface area (TPSA) is 29.8 Å². The first-order valence-electron chi connectivity index (χ1n) is 7.98. The van der Waals surface area contributed by atoms with Gasteiger partial charge in [-0.1, -0.05) is 24.3 Å². The Bertz CT molecular complexity index is 823. The number of rotatable bonds is 5. The van der Waals surface area contributed by atoms with Crippen molar-refractivity contribution in [1.29, 1.82) is 0 Å². The molecule has 1 aromatic carbocycles. The number of hydrogen-bond acceptors (Lipinski definition) is 3. The maximum Gasteiger partial charge on any atom is 0.181 e. The summed E-state index contributed by atoms with van der Waals surface area (Å²) in [4.78, 5) is 6.91. The van der Waals surface area contributed by atoms with E-state index in [9.17, 15) is 0 Å². The van der Waals surface area contributed by atoms with Gasteiger partial charge in [0.25, 0.3) is 0 Å². The van der Waals surface area contributed by atoms with E-state index in [4.69, 9.17) is 9.72 Å². The summed E-state index contributed by atoms with van der Waals surface area (Å²) >= 11 is 0. The van der Waals surface area contributed by atoms with E-state index in [-0.39, 0.29) is 0 Å². The van der Waals surface area contributed by atoms with Crippen LogP contribution in [0.25, 0.3) is 5.65 Å². The Morgan fingerprint density at radius 3 is 2.65 bits per heavy atom. The first-order valence-corrected chi connectivity index (χ1v) is 7.98. The molecule has 120 valence electrons. The molecule has 0 spiro atoms. The number of ether oxygens (including phenoxy) is 1. The summed E-state index contributed by atoms with van der Waals surface area (Å²) < 4.78 is 8.17. The predicted molar refractivity (Wildman–Crippen MR) is 94.4 cm³/mol. The second-order valence-corrected chi connectivity index (χ2v) is 5.82. The molecule has 0 unspecified atom stereocenters. The van der Waals surface area contributed by atoms with Gasteiger partial charge in [-0.3, -0.25) is 4.40 Å². The standard InChI is InChI=1S/C19H23N3O/c1-5-21(4)19-15(3)20-18-17(11-8-12-22(18)19)23-13-16-10-7-6-9-14(16)2/h6-12H,5,13H2,1-4H3. The van der Waals surface area contributed by atoms with Crippen LogP contribution in [0, 0.1) is 13.8 Å². The van der Waals surface area contributed by atoms with E-state index >= 15 is 0 Å². The zero-order chi connectivity index (χ0) is 16.4. The molecule has 3 rings (SSSR count). The summed E-state index contributed by atoms with van der Waals surface area (Å²) in [5, 5.41) is 0. The molecule has 2 heterocycles. The molecule has 0 aliphatic rings. The molecular weight excluding hydrogens is 286 g/mol. The number of hydrogen-bond donors (Lipinski definition) is 0. The van der Waals surface area contributed by atoms with Gasteiger partial charge in [0.15, 0.2) is 11.4 Å². The highest BCUT2D eigenvalue weighted by Crippen LogP contribution is 2.27. The Balaban J connectivity index is 1.94. The van der Waals surface area contributed by atoms with Gasteiger partial charge in [0, 0.05) is 19.8 Å². The average Bonchev–Trinajstić information content (AvgIpc) is 2.90. The van der Waals surface area contributed by atoms with Gasteiger partial charge in [-0.2, -0.15) is 0 Å². The van der Waals surface area contributed by atoms with Crippen molar-refractivity contribution in [2.45, 2.75) is 27.4 Å². The summed E-state index contributed by atoms with van der Waals surface area (Å²) in [7, 11) is 2.08. The van der Waals surface area contributed by atoms with Gasteiger partial charge in [-0.25, -0.2) is 4.98 Å². The molecule has 0 atom stereocenters. The summed E-state index contributed by atoms with van der Waals surface area (Å²) in [5.74, 6) is 1.93. The van der Waals surface area contributed by atoms with Crippen molar-refractivity contribution in [2.24, 2.45) is 0 Å². The van der Waals surface area contributed by atoms with Crippen LogP contribution in [0.15, 0.2) is 42.6 Å². The number of nitrogens with zero attached hydrogens (tertiary/aromatic N) is 3. The van der Waals surface area contributed by atoms with Gasteiger partial charge in [0.2, 0.25) is 0 Å². The number of aryl methyl sites for hydroxylation is 2. The highest BCUT2D eigenvalue weighted by Gasteiger charge is 2.15. The van der Waals surface area contributed by atoms with Crippen LogP contribution in [-0.2, 0) is 6.61 Å². The number of pyridine rings is 1. The van der Waals surface area contributed by atoms with E-state index in [1.54, 1.807) is 0 Å². The second-order valence-electron chi connectivity index (χ2n) is 5.82. The van der Waals surface area contributed by atoms with Crippen LogP contribution < -0.4 is 9.64 Å². The SMILES string of the molecule is CCN(C)c1c(C)nc2c(OCc3ccccc3C)cccn12. The molecular formula is C19H23N3O. The molecule has 0 aliphatic carbocycles. The Morgan fingerprint density at radius 1 is 1.13 bits per heavy atom. The first kappa shape index (κ1) is 15.4. The van der Waals surface area contributed by atoms with Crippen LogP contribution in [0.4, 0.5) is 5.82 Å². The smallest absolute Gasteiger partial charge is 0.181 e. The van der Waals surface area contributed by atoms with Crippen molar-refractivity contribution >= 4 is 11.5 Å². The van der Waals surface area contributed by atoms with Gasteiger partial charge >= 0.3 is 0 Å². The maximum atomic E-state index is 6.07. The third kappa shape index (κ3) is 2.89. The number of aromatic nitrogens is 2. The maximum absolute atomic E-state index is 6.07. The Morgan fingerprint density at radius 2 is 1.91 bits per heavy atom. The Kier molecular flexibility index (Phi) is 4.24. The van der Waals surface area contributed by atoms with Crippen molar-refractivity contribution in [1.82, 2.24) is 9.38 Å². The minimum Gasteiger partial charge on any atom is -0.485 e. The second kappa shape index (κ2) is 6.32. The van der Waals surface area contributed by atoms with Crippen LogP contribution in [0.5, 0.6) is 5.75 Å². The molecule has 0 fully saturated rings. The van der Waals surface area contributed by atoms with Crippen molar-refractivity contribution in [3.63, 3.8) is 0 Å². The van der Waals surface area contributed by atoms with Crippen LogP contribution in [0.3, 0.4) is 0 Å². The molecule has 3 aromatic rings. The third-order valence-corrected chi connectivity index (χ3v) is 4.24. The summed E-state index contributed by atoms with van der Waals surface area (Å²) in [6.45, 7) is 7.77. The lowest BCUT2D eigenvalue weighted by molar-refractivity contribution is 0.307. The van der Waals surface area contributed by atoms with E-state index in [1.807, 2.05) is 37.4 Å². The fourth-order valence-electron chi connectivity index (χ4n) is 2.79. The van der Waals surface area contributed by atoms with Gasteiger partial charge in [0.1, 0.15) is 12.4 Å². The quantitative estimate of drug-likeness (QED) is 0.714. The average molecular weight is 309 g/mol. The molecule has 2 aromatic heterocycles. The molecule has 0 saturated heterocycles. The van der Waals surface area contributed by atoms with E-state index in [0.29, 0.717) is 6.61 Å². The minimum atomic E-state index is 0.553. The van der Waals surface area contributed by atoms with Crippen molar-refractivity contribution < 1.29 is 4.74 Å². The van der Waals surface area contributed by atoms with E-state index < -0.39 is 0 Å². The van der Waals surface area contributed by atoms with Crippen LogP contribution in [0.2, 0.25) is 0 Å². The number of imidazole rings is 1. The largest absolute Gasteiger partial charge is 0.485 e. The summed E-state index contributed by atoms with van der Waals surface area (Å²) in [6.07, 6.45) is 2.04. The molecule has 0 N–H and O–H groups in total. The zero-order valence-electron chi connectivity index (χ0n) is 14.2. The highest BCUT2D eigenvalue weighted by atomic mass is 16.5. The lowest BCUT2D eigenvalue weighted by atomic mass is 10.1. The van der Waals surface area contributed by atoms with Gasteiger partial charge in [0.05, 0.1) is 5.69 Å². The normalized spacial score (nSPS) is 11.0. The highest BCUT2D eigenvalue weighted by molar-refractivity contribution is 5.63. The van der Waals surface area contributed by atoms with Crippen LogP contribution in [0.1, 0.15) is 23.7 Å². The lowest BCUT2D eigenvalue weighted by Crippen LogP contribution is -2.18. The molecule has 0 saturated carbocycles. The van der Waals surface area contributed by atoms with Gasteiger partial charge in [-0.05, 0) is 44.0 Å². The first-order chi connectivity index (χ1) is 11.1. The van der Waals surface area contributed by atoms with Crippen LogP contribution in [-0.4, -0.2) is 23.0 Å². The summed E-state index contributed by atoms with van der Waals surface area (Å²) in [6, 6.07) is 12.3. The van der Waals surface area contributed by atoms with Crippen LogP contribution >= 0.6 is 0 Å². The van der Waals surface area contributed by atoms with E-state index in [1.165, 1.54) is 11.1 Å². The fourth-order valence-corrected chi connectivity index (χ4v) is 2.79.